The van der Waals surface area contributed by atoms with Crippen LogP contribution in [-0.4, -0.2) is 46.1 Å². The fourth-order valence-electron chi connectivity index (χ4n) is 4.16. The Kier molecular flexibility index (Phi) is 4.49. The van der Waals surface area contributed by atoms with E-state index in [1.54, 1.807) is 9.80 Å². The van der Waals surface area contributed by atoms with Gasteiger partial charge in [-0.3, -0.25) is 14.3 Å². The second kappa shape index (κ2) is 6.70. The second-order valence-electron chi connectivity index (χ2n) is 7.20. The molecule has 9 heteroatoms. The highest BCUT2D eigenvalue weighted by Crippen LogP contribution is 2.42. The smallest absolute Gasteiger partial charge is 0.282 e. The van der Waals surface area contributed by atoms with Gasteiger partial charge in [-0.25, -0.2) is 8.78 Å². The summed E-state index contributed by atoms with van der Waals surface area (Å²) in [6.45, 7) is 1.35. The van der Waals surface area contributed by atoms with Crippen LogP contribution in [0.25, 0.3) is 0 Å². The molecule has 2 fully saturated rings. The second-order valence-corrected chi connectivity index (χ2v) is 7.98. The Hall–Kier alpha value is -2.29. The zero-order valence-corrected chi connectivity index (χ0v) is 15.7. The van der Waals surface area contributed by atoms with Gasteiger partial charge in [-0.2, -0.15) is 16.4 Å². The number of thiophene rings is 1. The number of carbonyl (C=O) groups excluding carboxylic acids is 2. The molecular formula is C18H20F2N4O2S. The molecule has 2 aromatic rings. The summed E-state index contributed by atoms with van der Waals surface area (Å²) in [6, 6.07) is 1.91. The third kappa shape index (κ3) is 3.03. The predicted octanol–water partition coefficient (Wildman–Crippen LogP) is 3.08. The van der Waals surface area contributed by atoms with Crippen molar-refractivity contribution in [1.82, 2.24) is 14.7 Å². The molecule has 4 rings (SSSR count). The summed E-state index contributed by atoms with van der Waals surface area (Å²) >= 11 is 1.53. The summed E-state index contributed by atoms with van der Waals surface area (Å²) in [6.07, 6.45) is 0.579. The third-order valence-electron chi connectivity index (χ3n) is 5.49. The molecule has 1 spiro atoms. The molecule has 2 aliphatic heterocycles. The molecule has 0 aromatic carbocycles. The van der Waals surface area contributed by atoms with Crippen LogP contribution < -0.4 is 4.90 Å². The number of piperidine rings is 1. The summed E-state index contributed by atoms with van der Waals surface area (Å²) < 4.78 is 27.7. The van der Waals surface area contributed by atoms with Crippen LogP contribution in [0.1, 0.15) is 41.7 Å². The monoisotopic (exact) mass is 394 g/mol. The number of anilines is 1. The van der Waals surface area contributed by atoms with E-state index in [0.29, 0.717) is 32.4 Å². The van der Waals surface area contributed by atoms with Gasteiger partial charge in [0.15, 0.2) is 0 Å². The van der Waals surface area contributed by atoms with Crippen LogP contribution in [-0.2, 0) is 11.8 Å². The molecule has 1 atom stereocenters. The van der Waals surface area contributed by atoms with Crippen molar-refractivity contribution in [2.24, 2.45) is 12.5 Å². The number of hydrogen-bond donors (Lipinski definition) is 0. The Morgan fingerprint density at radius 2 is 2.15 bits per heavy atom. The summed E-state index contributed by atoms with van der Waals surface area (Å²) in [5.41, 5.74) is -0.315. The van der Waals surface area contributed by atoms with Crippen LogP contribution in [0, 0.1) is 5.41 Å². The van der Waals surface area contributed by atoms with Gasteiger partial charge in [0.05, 0.1) is 16.7 Å². The normalized spacial score (nSPS) is 23.0. The van der Waals surface area contributed by atoms with E-state index in [4.69, 9.17) is 0 Å². The summed E-state index contributed by atoms with van der Waals surface area (Å²) in [7, 11) is 1.51. The van der Waals surface area contributed by atoms with E-state index < -0.39 is 23.4 Å². The standard InChI is InChI=1S/C18H20F2N4O2S/c1-22-9-13(14(21-22)15(19)20)16(25)23-6-2-4-18(11-23)5-7-24(17(18)26)12-3-8-27-10-12/h3,8-10,15H,2,4-7,11H2,1H3/t18-/m0/s1. The van der Waals surface area contributed by atoms with Crippen molar-refractivity contribution in [3.63, 3.8) is 0 Å². The first kappa shape index (κ1) is 18.1. The van der Waals surface area contributed by atoms with E-state index in [1.165, 1.54) is 29.3 Å². The SMILES string of the molecule is Cn1cc(C(=O)N2CCC[C@]3(CCN(c4ccsc4)C3=O)C2)c(C(F)F)n1. The average molecular weight is 394 g/mol. The predicted molar refractivity (Wildman–Crippen MR) is 97.0 cm³/mol. The zero-order valence-electron chi connectivity index (χ0n) is 14.9. The average Bonchev–Trinajstić information content (AvgIpc) is 3.36. The number of rotatable bonds is 3. The lowest BCUT2D eigenvalue weighted by Gasteiger charge is -2.39. The molecule has 6 nitrogen and oxygen atoms in total. The molecule has 144 valence electrons. The third-order valence-corrected chi connectivity index (χ3v) is 6.16. The lowest BCUT2D eigenvalue weighted by atomic mass is 9.78. The number of alkyl halides is 2. The Morgan fingerprint density at radius 1 is 1.33 bits per heavy atom. The van der Waals surface area contributed by atoms with Gasteiger partial charge in [-0.1, -0.05) is 0 Å². The number of nitrogens with zero attached hydrogens (tertiary/aromatic N) is 4. The molecule has 0 unspecified atom stereocenters. The molecule has 2 amide bonds. The van der Waals surface area contributed by atoms with E-state index in [1.807, 2.05) is 16.8 Å². The van der Waals surface area contributed by atoms with Gasteiger partial charge >= 0.3 is 0 Å². The van der Waals surface area contributed by atoms with E-state index in [9.17, 15) is 18.4 Å². The highest BCUT2D eigenvalue weighted by molar-refractivity contribution is 7.08. The molecule has 2 aliphatic rings. The van der Waals surface area contributed by atoms with Crippen molar-refractivity contribution in [3.05, 3.63) is 34.3 Å². The molecule has 0 radical (unpaired) electrons. The van der Waals surface area contributed by atoms with Gasteiger partial charge in [0, 0.05) is 38.3 Å². The van der Waals surface area contributed by atoms with Gasteiger partial charge in [0.1, 0.15) is 5.69 Å². The van der Waals surface area contributed by atoms with Crippen molar-refractivity contribution in [3.8, 4) is 0 Å². The van der Waals surface area contributed by atoms with Crippen LogP contribution in [0.2, 0.25) is 0 Å². The van der Waals surface area contributed by atoms with Crippen molar-refractivity contribution in [2.45, 2.75) is 25.7 Å². The van der Waals surface area contributed by atoms with Gasteiger partial charge in [-0.15, -0.1) is 0 Å². The van der Waals surface area contributed by atoms with Crippen LogP contribution in [0.3, 0.4) is 0 Å². The topological polar surface area (TPSA) is 58.4 Å². The van der Waals surface area contributed by atoms with Crippen LogP contribution >= 0.6 is 11.3 Å². The van der Waals surface area contributed by atoms with Gasteiger partial charge < -0.3 is 9.80 Å². The molecule has 2 saturated heterocycles. The minimum absolute atomic E-state index is 0.0265. The van der Waals surface area contributed by atoms with Crippen molar-refractivity contribution < 1.29 is 18.4 Å². The first-order valence-electron chi connectivity index (χ1n) is 8.86. The molecule has 4 heterocycles. The summed E-state index contributed by atoms with van der Waals surface area (Å²) in [5, 5.41) is 7.59. The van der Waals surface area contributed by atoms with E-state index in [2.05, 4.69) is 5.10 Å². The molecular weight excluding hydrogens is 374 g/mol. The number of aryl methyl sites for hydroxylation is 1. The largest absolute Gasteiger partial charge is 0.337 e. The molecule has 0 aliphatic carbocycles. The van der Waals surface area contributed by atoms with Gasteiger partial charge in [-0.05, 0) is 30.7 Å². The first-order valence-corrected chi connectivity index (χ1v) is 9.81. The van der Waals surface area contributed by atoms with E-state index in [0.717, 1.165) is 5.69 Å². The number of likely N-dealkylation sites (tertiary alicyclic amines) is 1. The first-order chi connectivity index (χ1) is 12.9. The van der Waals surface area contributed by atoms with Crippen molar-refractivity contribution in [2.75, 3.05) is 24.5 Å². The highest BCUT2D eigenvalue weighted by Gasteiger charge is 2.50. The quantitative estimate of drug-likeness (QED) is 0.804. The summed E-state index contributed by atoms with van der Waals surface area (Å²) in [5.74, 6) is -0.446. The molecule has 0 saturated carbocycles. The minimum atomic E-state index is -2.81. The van der Waals surface area contributed by atoms with Crippen LogP contribution in [0.4, 0.5) is 14.5 Å². The van der Waals surface area contributed by atoms with E-state index in [-0.39, 0.29) is 18.0 Å². The maximum atomic E-state index is 13.2. The van der Waals surface area contributed by atoms with Crippen LogP contribution in [0.15, 0.2) is 23.0 Å². The lowest BCUT2D eigenvalue weighted by Crippen LogP contribution is -2.50. The summed E-state index contributed by atoms with van der Waals surface area (Å²) in [4.78, 5) is 29.4. The Morgan fingerprint density at radius 3 is 2.85 bits per heavy atom. The van der Waals surface area contributed by atoms with E-state index >= 15 is 0 Å². The lowest BCUT2D eigenvalue weighted by molar-refractivity contribution is -0.127. The maximum Gasteiger partial charge on any atom is 0.282 e. The van der Waals surface area contributed by atoms with Gasteiger partial charge in [0.25, 0.3) is 12.3 Å². The molecule has 0 bridgehead atoms. The fourth-order valence-corrected chi connectivity index (χ4v) is 4.81. The van der Waals surface area contributed by atoms with Crippen molar-refractivity contribution >= 4 is 28.8 Å². The van der Waals surface area contributed by atoms with Crippen LogP contribution in [0.5, 0.6) is 0 Å². The van der Waals surface area contributed by atoms with Gasteiger partial charge in [0.2, 0.25) is 5.91 Å². The minimum Gasteiger partial charge on any atom is -0.337 e. The van der Waals surface area contributed by atoms with Crippen molar-refractivity contribution in [1.29, 1.82) is 0 Å². The maximum absolute atomic E-state index is 13.2. The zero-order chi connectivity index (χ0) is 19.2. The number of hydrogen-bond acceptors (Lipinski definition) is 4. The molecule has 2 aromatic heterocycles. The number of aromatic nitrogens is 2. The Bertz CT molecular complexity index is 867. The Labute approximate surface area is 159 Å². The molecule has 0 N–H and O–H groups in total. The number of halogens is 2. The molecule has 27 heavy (non-hydrogen) atoms. The number of carbonyl (C=O) groups is 2. The fraction of sp³-hybridized carbons (Fsp3) is 0.500. The highest BCUT2D eigenvalue weighted by atomic mass is 32.1. The Balaban J connectivity index is 1.57. The number of amides is 2.